The van der Waals surface area contributed by atoms with E-state index >= 15 is 8.78 Å². The van der Waals surface area contributed by atoms with E-state index in [-0.39, 0.29) is 53.2 Å². The summed E-state index contributed by atoms with van der Waals surface area (Å²) in [6.07, 6.45) is 0.865. The molecule has 6 rings (SSSR count). The van der Waals surface area contributed by atoms with E-state index in [0.717, 1.165) is 12.1 Å². The van der Waals surface area contributed by atoms with E-state index in [1.54, 1.807) is 4.57 Å². The van der Waals surface area contributed by atoms with Gasteiger partial charge in [0.25, 0.3) is 0 Å². The average molecular weight is 627 g/mol. The lowest BCUT2D eigenvalue weighted by Crippen LogP contribution is -2.43. The van der Waals surface area contributed by atoms with Crippen LogP contribution in [-0.4, -0.2) is 72.0 Å². The number of nitrogens with zero attached hydrogens (tertiary/aromatic N) is 3. The largest absolute Gasteiger partial charge is 0.487 e. The fraction of sp³-hybridized carbons (Fsp3) is 0.419. The molecule has 0 saturated carbocycles. The van der Waals surface area contributed by atoms with Crippen LogP contribution >= 0.6 is 0 Å². The van der Waals surface area contributed by atoms with E-state index in [9.17, 15) is 24.3 Å². The number of amides is 1. The summed E-state index contributed by atoms with van der Waals surface area (Å²) < 4.78 is 49.7. The molecule has 0 aliphatic carbocycles. The van der Waals surface area contributed by atoms with Crippen molar-refractivity contribution in [3.05, 3.63) is 57.9 Å². The van der Waals surface area contributed by atoms with Crippen LogP contribution in [0.4, 0.5) is 25.0 Å². The third-order valence-electron chi connectivity index (χ3n) is 8.59. The number of pyridine rings is 1. The lowest BCUT2D eigenvalue weighted by molar-refractivity contribution is -0.120. The number of carbonyl (C=O) groups is 3. The number of hydrogen-bond acceptors (Lipinski definition) is 9. The third-order valence-corrected chi connectivity index (χ3v) is 8.59. The molecule has 2 fully saturated rings. The topological polar surface area (TPSA) is 154 Å². The second-order valence-corrected chi connectivity index (χ2v) is 11.6. The number of carbonyl (C=O) groups excluding carboxylic acids is 2. The van der Waals surface area contributed by atoms with E-state index in [1.165, 1.54) is 30.2 Å². The highest BCUT2D eigenvalue weighted by Gasteiger charge is 2.38. The van der Waals surface area contributed by atoms with Crippen LogP contribution in [0.5, 0.6) is 11.5 Å². The normalized spacial score (nSPS) is 22.1. The minimum Gasteiger partial charge on any atom is -0.487 e. The molecule has 238 valence electrons. The van der Waals surface area contributed by atoms with Crippen molar-refractivity contribution in [1.29, 1.82) is 0 Å². The molecule has 4 atom stereocenters. The summed E-state index contributed by atoms with van der Waals surface area (Å²) in [6.45, 7) is 4.07. The van der Waals surface area contributed by atoms with Gasteiger partial charge in [-0.2, -0.15) is 0 Å². The van der Waals surface area contributed by atoms with Gasteiger partial charge < -0.3 is 34.5 Å². The number of ether oxygens (including phenoxy) is 3. The summed E-state index contributed by atoms with van der Waals surface area (Å²) >= 11 is 0. The van der Waals surface area contributed by atoms with Crippen LogP contribution in [0.2, 0.25) is 0 Å². The van der Waals surface area contributed by atoms with Crippen molar-refractivity contribution in [2.24, 2.45) is 5.73 Å². The lowest BCUT2D eigenvalue weighted by Gasteiger charge is -2.32. The first-order valence-electron chi connectivity index (χ1n) is 14.7. The van der Waals surface area contributed by atoms with E-state index < -0.39 is 52.9 Å². The van der Waals surface area contributed by atoms with Crippen LogP contribution in [0.1, 0.15) is 49.5 Å². The van der Waals surface area contributed by atoms with E-state index in [2.05, 4.69) is 0 Å². The number of carboxylic acid groups (broad SMARTS) is 1. The minimum atomic E-state index is -1.39. The Labute approximate surface area is 255 Å². The number of nitrogens with two attached hydrogens (primary N) is 1. The van der Waals surface area contributed by atoms with Gasteiger partial charge in [0.2, 0.25) is 5.43 Å². The number of halogens is 2. The van der Waals surface area contributed by atoms with E-state index in [0.29, 0.717) is 37.9 Å². The summed E-state index contributed by atoms with van der Waals surface area (Å²) in [7, 11) is 0. The predicted octanol–water partition coefficient (Wildman–Crippen LogP) is 3.61. The number of anilines is 2. The van der Waals surface area contributed by atoms with Gasteiger partial charge >= 0.3 is 12.1 Å². The fourth-order valence-corrected chi connectivity index (χ4v) is 6.14. The van der Waals surface area contributed by atoms with Crippen LogP contribution in [0, 0.1) is 11.6 Å². The number of ketones is 1. The second kappa shape index (κ2) is 11.7. The number of aromatic carboxylic acids is 1. The van der Waals surface area contributed by atoms with Gasteiger partial charge in [0, 0.05) is 31.8 Å². The molecular weight excluding hydrogens is 594 g/mol. The van der Waals surface area contributed by atoms with Gasteiger partial charge in [-0.1, -0.05) is 0 Å². The van der Waals surface area contributed by atoms with Gasteiger partial charge in [0.1, 0.15) is 41.9 Å². The Bertz CT molecular complexity index is 1780. The molecule has 3 aromatic rings. The van der Waals surface area contributed by atoms with Gasteiger partial charge in [-0.3, -0.25) is 14.5 Å². The first kappa shape index (κ1) is 30.3. The molecule has 14 heteroatoms. The number of cyclic esters (lactones) is 1. The van der Waals surface area contributed by atoms with Crippen LogP contribution in [-0.2, 0) is 9.53 Å². The number of rotatable bonds is 7. The molecule has 0 bridgehead atoms. The average Bonchev–Trinajstić information content (AvgIpc) is 3.23. The monoisotopic (exact) mass is 626 g/mol. The van der Waals surface area contributed by atoms with Crippen LogP contribution in [0.15, 0.2) is 35.3 Å². The molecule has 3 N–H and O–H groups in total. The molecule has 3 aliphatic rings. The Balaban J connectivity index is 1.20. The second-order valence-electron chi connectivity index (χ2n) is 11.6. The van der Waals surface area contributed by atoms with Crippen molar-refractivity contribution in [2.75, 3.05) is 36.0 Å². The zero-order valence-electron chi connectivity index (χ0n) is 24.6. The zero-order valence-corrected chi connectivity index (χ0v) is 24.6. The Kier molecular flexibility index (Phi) is 7.85. The van der Waals surface area contributed by atoms with Crippen molar-refractivity contribution >= 4 is 40.1 Å². The fourth-order valence-electron chi connectivity index (χ4n) is 6.14. The molecule has 4 unspecified atom stereocenters. The molecule has 4 heterocycles. The summed E-state index contributed by atoms with van der Waals surface area (Å²) in [5.41, 5.74) is 5.36. The molecule has 1 amide bonds. The maximum atomic E-state index is 15.7. The van der Waals surface area contributed by atoms with Crippen LogP contribution in [0.3, 0.4) is 0 Å². The first-order valence-corrected chi connectivity index (χ1v) is 14.7. The van der Waals surface area contributed by atoms with Crippen molar-refractivity contribution in [1.82, 2.24) is 4.57 Å². The SMILES string of the molecule is CC(=O)C(N)C1CN(c2ccc(OC3CCCN(c4c(F)cc5c(=O)c(C(=O)O)cn6c5c4OCC6C)CC3)c(F)c2)C(=O)O1. The minimum absolute atomic E-state index is 0.00445. The Morgan fingerprint density at radius 2 is 1.91 bits per heavy atom. The first-order chi connectivity index (χ1) is 21.4. The molecular formula is C31H32F2N4O8. The van der Waals surface area contributed by atoms with E-state index in [4.69, 9.17) is 19.9 Å². The standard InChI is InChI=1S/C31H32F2N4O8/c1-15-14-43-29-26-19(28(39)20(30(40)41)12-36(15)26)11-22(33)27(29)35-8-3-4-18(7-9-35)44-23-6-5-17(10-21(23)32)37-13-24(45-31(37)42)25(34)16(2)38/h5-6,10-12,15,18,24-25H,3-4,7-9,13-14,34H2,1-2H3,(H,40,41). The number of benzene rings is 2. The molecule has 0 radical (unpaired) electrons. The zero-order chi connectivity index (χ0) is 32.2. The summed E-state index contributed by atoms with van der Waals surface area (Å²) in [6, 6.07) is 3.91. The van der Waals surface area contributed by atoms with Crippen molar-refractivity contribution < 1.29 is 42.5 Å². The van der Waals surface area contributed by atoms with Crippen LogP contribution < -0.4 is 30.4 Å². The maximum absolute atomic E-state index is 15.7. The maximum Gasteiger partial charge on any atom is 0.414 e. The number of carboxylic acids is 1. The van der Waals surface area contributed by atoms with Gasteiger partial charge in [0.15, 0.2) is 23.1 Å². The summed E-state index contributed by atoms with van der Waals surface area (Å²) in [5, 5.41) is 9.46. The smallest absolute Gasteiger partial charge is 0.414 e. The van der Waals surface area contributed by atoms with Crippen molar-refractivity contribution in [3.8, 4) is 11.5 Å². The highest BCUT2D eigenvalue weighted by molar-refractivity contribution is 5.97. The molecule has 3 aliphatic heterocycles. The molecule has 12 nitrogen and oxygen atoms in total. The molecule has 1 aromatic heterocycles. The number of Topliss-reactive ketones (excluding diaryl/α,β-unsaturated/α-hetero) is 1. The van der Waals surface area contributed by atoms with Crippen molar-refractivity contribution in [3.63, 3.8) is 0 Å². The molecule has 2 aromatic carbocycles. The Morgan fingerprint density at radius 3 is 2.62 bits per heavy atom. The molecule has 2 saturated heterocycles. The van der Waals surface area contributed by atoms with Crippen LogP contribution in [0.25, 0.3) is 10.9 Å². The van der Waals surface area contributed by atoms with Gasteiger partial charge in [-0.05, 0) is 44.9 Å². The quantitative estimate of drug-likeness (QED) is 0.398. The number of aromatic nitrogens is 1. The Morgan fingerprint density at radius 1 is 1.13 bits per heavy atom. The highest BCUT2D eigenvalue weighted by Crippen LogP contribution is 2.42. The predicted molar refractivity (Wildman–Crippen MR) is 158 cm³/mol. The third kappa shape index (κ3) is 5.43. The lowest BCUT2D eigenvalue weighted by atomic mass is 10.1. The van der Waals surface area contributed by atoms with E-state index in [1.807, 2.05) is 11.8 Å². The van der Waals surface area contributed by atoms with Gasteiger partial charge in [0.05, 0.1) is 29.2 Å². The molecule has 45 heavy (non-hydrogen) atoms. The van der Waals surface area contributed by atoms with Gasteiger partial charge in [-0.25, -0.2) is 18.4 Å². The molecule has 0 spiro atoms. The summed E-state index contributed by atoms with van der Waals surface area (Å²) in [5.74, 6) is -2.93. The number of hydrogen-bond donors (Lipinski definition) is 2. The van der Waals surface area contributed by atoms with Gasteiger partial charge in [-0.15, -0.1) is 0 Å². The Hall–Kier alpha value is -4.72. The summed E-state index contributed by atoms with van der Waals surface area (Å²) in [4.78, 5) is 51.6. The van der Waals surface area contributed by atoms with Crippen molar-refractivity contribution in [2.45, 2.75) is 57.4 Å². The highest BCUT2D eigenvalue weighted by atomic mass is 19.1.